The van der Waals surface area contributed by atoms with Gasteiger partial charge in [0.2, 0.25) is 0 Å². The van der Waals surface area contributed by atoms with Crippen LogP contribution >= 0.6 is 0 Å². The highest BCUT2D eigenvalue weighted by Gasteiger charge is 2.21. The van der Waals surface area contributed by atoms with Gasteiger partial charge >= 0.3 is 0 Å². The molecule has 0 radical (unpaired) electrons. The average molecular weight is 403 g/mol. The first-order valence-corrected chi connectivity index (χ1v) is 10.7. The molecule has 0 atom stereocenters. The molecule has 2 aromatic rings. The minimum atomic E-state index is -3.75. The molecule has 2 rings (SSSR count). The van der Waals surface area contributed by atoms with Gasteiger partial charge in [-0.2, -0.15) is 13.5 Å². The number of nitrogens with zero attached hydrogens (tertiary/aromatic N) is 1. The van der Waals surface area contributed by atoms with Crippen LogP contribution in [0.25, 0.3) is 0 Å². The van der Waals surface area contributed by atoms with Crippen molar-refractivity contribution in [1.82, 2.24) is 4.83 Å². The van der Waals surface area contributed by atoms with E-state index < -0.39 is 10.0 Å². The molecule has 0 bridgehead atoms. The van der Waals surface area contributed by atoms with E-state index in [0.717, 1.165) is 16.9 Å². The van der Waals surface area contributed by atoms with Gasteiger partial charge in [-0.05, 0) is 80.1 Å². The van der Waals surface area contributed by atoms with Crippen molar-refractivity contribution in [3.63, 3.8) is 0 Å². The summed E-state index contributed by atoms with van der Waals surface area (Å²) in [6, 6.07) is 12.8. The third-order valence-electron chi connectivity index (χ3n) is 4.03. The van der Waals surface area contributed by atoms with E-state index in [0.29, 0.717) is 5.56 Å². The van der Waals surface area contributed by atoms with Gasteiger partial charge in [-0.3, -0.25) is 0 Å². The van der Waals surface area contributed by atoms with Crippen molar-refractivity contribution >= 4 is 16.2 Å². The molecular weight excluding hydrogens is 372 g/mol. The smallest absolute Gasteiger partial charge is 0.276 e. The number of rotatable bonds is 5. The van der Waals surface area contributed by atoms with Crippen molar-refractivity contribution in [3.05, 3.63) is 59.2 Å². The minimum absolute atomic E-state index is 0.141. The van der Waals surface area contributed by atoms with Crippen molar-refractivity contribution in [2.75, 3.05) is 0 Å². The molecular formula is C22H30N2O3S. The minimum Gasteiger partial charge on any atom is -0.488 e. The highest BCUT2D eigenvalue weighted by atomic mass is 32.2. The maximum Gasteiger partial charge on any atom is 0.276 e. The van der Waals surface area contributed by atoms with Crippen LogP contribution in [0.1, 0.15) is 58.2 Å². The molecule has 2 aromatic carbocycles. The van der Waals surface area contributed by atoms with Crippen LogP contribution in [0.2, 0.25) is 0 Å². The number of hydrogen-bond acceptors (Lipinski definition) is 4. The summed E-state index contributed by atoms with van der Waals surface area (Å²) in [6.45, 7) is 13.9. The second kappa shape index (κ2) is 7.95. The summed E-state index contributed by atoms with van der Waals surface area (Å²) in [5.41, 5.74) is 1.99. The number of nitrogens with one attached hydrogen (secondary N) is 1. The van der Waals surface area contributed by atoms with Crippen LogP contribution < -0.4 is 9.57 Å². The molecule has 0 saturated heterocycles. The molecule has 0 spiro atoms. The van der Waals surface area contributed by atoms with Crippen LogP contribution in [0.5, 0.6) is 5.75 Å². The fourth-order valence-corrected chi connectivity index (χ4v) is 3.61. The Morgan fingerprint density at radius 2 is 1.57 bits per heavy atom. The van der Waals surface area contributed by atoms with Crippen molar-refractivity contribution < 1.29 is 13.2 Å². The fourth-order valence-electron chi connectivity index (χ4n) is 2.55. The first-order chi connectivity index (χ1) is 12.8. The summed E-state index contributed by atoms with van der Waals surface area (Å²) in [7, 11) is -3.75. The lowest BCUT2D eigenvalue weighted by Gasteiger charge is -2.21. The van der Waals surface area contributed by atoms with Gasteiger partial charge in [-0.15, -0.1) is 0 Å². The zero-order valence-corrected chi connectivity index (χ0v) is 18.5. The normalized spacial score (nSPS) is 13.0. The zero-order valence-electron chi connectivity index (χ0n) is 17.7. The highest BCUT2D eigenvalue weighted by Crippen LogP contribution is 2.26. The molecule has 0 saturated carbocycles. The fraction of sp³-hybridized carbons (Fsp3) is 0.409. The first-order valence-electron chi connectivity index (χ1n) is 9.23. The monoisotopic (exact) mass is 402 g/mol. The zero-order chi connectivity index (χ0) is 21.2. The molecule has 1 N–H and O–H groups in total. The summed E-state index contributed by atoms with van der Waals surface area (Å²) >= 11 is 0. The number of ether oxygens (including phenoxy) is 1. The predicted octanol–water partition coefficient (Wildman–Crippen LogP) is 4.78. The third kappa shape index (κ3) is 6.09. The standard InChI is InChI=1S/C22H30N2O3S/c1-16-8-11-18(21(2,3)4)14-20(16)28(25,26)24-23-15-17-9-12-19(13-10-17)27-22(5,6)7/h8-15,24H,1-7H3/b23-15+. The van der Waals surface area contributed by atoms with Crippen LogP contribution in [0.4, 0.5) is 0 Å². The van der Waals surface area contributed by atoms with Crippen molar-refractivity contribution in [2.24, 2.45) is 5.10 Å². The SMILES string of the molecule is Cc1ccc(C(C)(C)C)cc1S(=O)(=O)N/N=C/c1ccc(OC(C)(C)C)cc1. The number of hydrogen-bond donors (Lipinski definition) is 1. The second-order valence-electron chi connectivity index (χ2n) is 8.87. The molecule has 0 unspecified atom stereocenters. The summed E-state index contributed by atoms with van der Waals surface area (Å²) in [6.07, 6.45) is 1.47. The molecule has 0 aliphatic carbocycles. The van der Waals surface area contributed by atoms with Crippen LogP contribution in [-0.2, 0) is 15.4 Å². The maximum atomic E-state index is 12.7. The van der Waals surface area contributed by atoms with Gasteiger partial charge in [0.25, 0.3) is 10.0 Å². The van der Waals surface area contributed by atoms with Crippen LogP contribution in [0.15, 0.2) is 52.5 Å². The number of sulfonamides is 1. The van der Waals surface area contributed by atoms with E-state index in [-0.39, 0.29) is 15.9 Å². The van der Waals surface area contributed by atoms with Crippen molar-refractivity contribution in [3.8, 4) is 5.75 Å². The Morgan fingerprint density at radius 3 is 2.11 bits per heavy atom. The molecule has 0 amide bonds. The van der Waals surface area contributed by atoms with Crippen LogP contribution in [-0.4, -0.2) is 20.2 Å². The van der Waals surface area contributed by atoms with Gasteiger partial charge in [-0.25, -0.2) is 4.83 Å². The highest BCUT2D eigenvalue weighted by molar-refractivity contribution is 7.89. The largest absolute Gasteiger partial charge is 0.488 e. The first kappa shape index (κ1) is 22.0. The predicted molar refractivity (Wildman–Crippen MR) is 115 cm³/mol. The molecule has 0 aromatic heterocycles. The Labute approximate surface area is 168 Å². The Morgan fingerprint density at radius 1 is 0.964 bits per heavy atom. The summed E-state index contributed by atoms with van der Waals surface area (Å²) in [5, 5.41) is 3.92. The van der Waals surface area contributed by atoms with Gasteiger partial charge in [-0.1, -0.05) is 32.9 Å². The number of aryl methyl sites for hydroxylation is 1. The molecule has 152 valence electrons. The van der Waals surface area contributed by atoms with E-state index in [1.165, 1.54) is 6.21 Å². The van der Waals surface area contributed by atoms with E-state index in [9.17, 15) is 8.42 Å². The second-order valence-corrected chi connectivity index (χ2v) is 10.5. The van der Waals surface area contributed by atoms with E-state index >= 15 is 0 Å². The average Bonchev–Trinajstić information content (AvgIpc) is 2.54. The molecule has 0 heterocycles. The quantitative estimate of drug-likeness (QED) is 0.578. The number of hydrazone groups is 1. The lowest BCUT2D eigenvalue weighted by Crippen LogP contribution is -2.22. The molecule has 0 fully saturated rings. The summed E-state index contributed by atoms with van der Waals surface area (Å²) in [5.74, 6) is 0.750. The lowest BCUT2D eigenvalue weighted by atomic mass is 9.87. The molecule has 5 nitrogen and oxygen atoms in total. The van der Waals surface area contributed by atoms with Gasteiger partial charge < -0.3 is 4.74 Å². The van der Waals surface area contributed by atoms with Crippen molar-refractivity contribution in [1.29, 1.82) is 0 Å². The molecule has 0 aliphatic heterocycles. The Hall–Kier alpha value is -2.34. The molecule has 0 aliphatic rings. The summed E-state index contributed by atoms with van der Waals surface area (Å²) < 4.78 is 31.1. The molecule has 6 heteroatoms. The van der Waals surface area contributed by atoms with Gasteiger partial charge in [0, 0.05) is 0 Å². The summed E-state index contributed by atoms with van der Waals surface area (Å²) in [4.78, 5) is 2.55. The van der Waals surface area contributed by atoms with Crippen LogP contribution in [0.3, 0.4) is 0 Å². The Balaban J connectivity index is 2.15. The third-order valence-corrected chi connectivity index (χ3v) is 5.40. The van der Waals surface area contributed by atoms with E-state index in [1.807, 2.05) is 77.9 Å². The molecule has 28 heavy (non-hydrogen) atoms. The van der Waals surface area contributed by atoms with Gasteiger partial charge in [0.15, 0.2) is 0 Å². The Bertz CT molecular complexity index is 949. The van der Waals surface area contributed by atoms with Gasteiger partial charge in [0.1, 0.15) is 11.4 Å². The topological polar surface area (TPSA) is 67.8 Å². The number of benzene rings is 2. The Kier molecular flexibility index (Phi) is 6.24. The lowest BCUT2D eigenvalue weighted by molar-refractivity contribution is 0.131. The van der Waals surface area contributed by atoms with Gasteiger partial charge in [0.05, 0.1) is 11.1 Å². The van der Waals surface area contributed by atoms with E-state index in [1.54, 1.807) is 13.0 Å². The van der Waals surface area contributed by atoms with Crippen LogP contribution in [0, 0.1) is 6.92 Å². The van der Waals surface area contributed by atoms with Crippen molar-refractivity contribution in [2.45, 2.75) is 64.4 Å². The van der Waals surface area contributed by atoms with E-state index in [2.05, 4.69) is 9.93 Å². The maximum absolute atomic E-state index is 12.7. The van der Waals surface area contributed by atoms with E-state index in [4.69, 9.17) is 4.74 Å².